The topological polar surface area (TPSA) is 229 Å². The molecule has 0 saturated carbocycles. The number of aliphatic hydroxyl groups excluding tert-OH is 8. The molecule has 0 spiro atoms. The van der Waals surface area contributed by atoms with Gasteiger partial charge in [-0.25, -0.2) is 4.68 Å². The largest absolute Gasteiger partial charge is 0.394 e. The number of aromatic nitrogens is 3. The zero-order chi connectivity index (χ0) is 25.5. The van der Waals surface area contributed by atoms with Gasteiger partial charge >= 0.3 is 0 Å². The number of hydrogen-bond acceptors (Lipinski definition) is 15. The van der Waals surface area contributed by atoms with E-state index in [-0.39, 0.29) is 19.8 Å². The van der Waals surface area contributed by atoms with Gasteiger partial charge in [0.1, 0.15) is 60.0 Å². The van der Waals surface area contributed by atoms with Crippen LogP contribution in [0.15, 0.2) is 6.20 Å². The second-order valence-corrected chi connectivity index (χ2v) is 9.35. The SMILES string of the molecule is OC[C@H]1O[C@@H](SCCOCCOCc2cn([C@@H]3O[C@H](CO)[C@@H](O)[C@H](O)[C@H]3O)nn2)[C@H](O)[C@@H](O)[C@H]1O. The van der Waals surface area contributed by atoms with Gasteiger partial charge in [-0.05, 0) is 0 Å². The minimum atomic E-state index is -1.52. The molecular weight excluding hydrogens is 494 g/mol. The van der Waals surface area contributed by atoms with E-state index in [9.17, 15) is 40.9 Å². The van der Waals surface area contributed by atoms with Crippen molar-refractivity contribution in [2.45, 2.75) is 67.1 Å². The maximum absolute atomic E-state index is 10.1. The van der Waals surface area contributed by atoms with Crippen molar-refractivity contribution in [2.24, 2.45) is 0 Å². The average molecular weight is 528 g/mol. The van der Waals surface area contributed by atoms with Gasteiger partial charge in [0.15, 0.2) is 6.23 Å². The molecule has 8 N–H and O–H groups in total. The molecule has 2 fully saturated rings. The molecule has 202 valence electrons. The first kappa shape index (κ1) is 28.6. The van der Waals surface area contributed by atoms with Crippen molar-refractivity contribution < 1.29 is 59.8 Å². The van der Waals surface area contributed by atoms with Crippen molar-refractivity contribution in [1.29, 1.82) is 0 Å². The van der Waals surface area contributed by atoms with E-state index in [0.717, 1.165) is 0 Å². The summed E-state index contributed by atoms with van der Waals surface area (Å²) in [5.74, 6) is 0.427. The molecule has 0 amide bonds. The lowest BCUT2D eigenvalue weighted by molar-refractivity contribution is -0.254. The fourth-order valence-electron chi connectivity index (χ4n) is 3.63. The molecule has 16 heteroatoms. The van der Waals surface area contributed by atoms with E-state index in [1.54, 1.807) is 0 Å². The van der Waals surface area contributed by atoms with Gasteiger partial charge in [0, 0.05) is 5.75 Å². The summed E-state index contributed by atoms with van der Waals surface area (Å²) >= 11 is 1.19. The number of aliphatic hydroxyl groups is 8. The first-order valence-electron chi connectivity index (χ1n) is 11.1. The molecule has 3 rings (SSSR count). The maximum Gasteiger partial charge on any atom is 0.180 e. The molecule has 15 nitrogen and oxygen atoms in total. The van der Waals surface area contributed by atoms with Crippen LogP contribution in [0.25, 0.3) is 0 Å². The minimum Gasteiger partial charge on any atom is -0.394 e. The van der Waals surface area contributed by atoms with Crippen LogP contribution in [0.4, 0.5) is 0 Å². The molecular formula is C19H33N3O12S. The molecule has 2 aliphatic heterocycles. The van der Waals surface area contributed by atoms with Gasteiger partial charge in [-0.3, -0.25) is 0 Å². The molecule has 10 atom stereocenters. The van der Waals surface area contributed by atoms with Gasteiger partial charge in [-0.2, -0.15) is 0 Å². The highest BCUT2D eigenvalue weighted by Gasteiger charge is 2.45. The first-order valence-corrected chi connectivity index (χ1v) is 12.1. The standard InChI is InChI=1S/C19H33N3O12S/c23-6-10-12(25)14(27)16(29)18(33-10)22-5-9(20-21-22)8-32-2-1-31-3-4-35-19-17(30)15(28)13(26)11(7-24)34-19/h5,10-19,23-30H,1-4,6-8H2/t10-,11-,12-,13+,14+,15+,16-,17-,18-,19+/m1/s1. The molecule has 1 aromatic rings. The zero-order valence-corrected chi connectivity index (χ0v) is 19.6. The summed E-state index contributed by atoms with van der Waals surface area (Å²) < 4.78 is 22.9. The quantitative estimate of drug-likeness (QED) is 0.119. The van der Waals surface area contributed by atoms with Crippen LogP contribution in [-0.4, -0.2) is 149 Å². The highest BCUT2D eigenvalue weighted by Crippen LogP contribution is 2.29. The van der Waals surface area contributed by atoms with Crippen LogP contribution in [-0.2, 0) is 25.6 Å². The van der Waals surface area contributed by atoms with Gasteiger partial charge in [0.25, 0.3) is 0 Å². The molecule has 0 aliphatic carbocycles. The van der Waals surface area contributed by atoms with E-state index in [0.29, 0.717) is 18.1 Å². The average Bonchev–Trinajstić information content (AvgIpc) is 3.32. The third kappa shape index (κ3) is 7.07. The summed E-state index contributed by atoms with van der Waals surface area (Å²) in [7, 11) is 0. The van der Waals surface area contributed by atoms with Crippen molar-refractivity contribution in [3.63, 3.8) is 0 Å². The van der Waals surface area contributed by atoms with E-state index in [2.05, 4.69) is 10.3 Å². The fourth-order valence-corrected chi connectivity index (χ4v) is 4.66. The molecule has 35 heavy (non-hydrogen) atoms. The Morgan fingerprint density at radius 3 is 2.11 bits per heavy atom. The fraction of sp³-hybridized carbons (Fsp3) is 0.895. The second-order valence-electron chi connectivity index (χ2n) is 8.14. The maximum atomic E-state index is 10.1. The normalized spacial score (nSPS) is 38.1. The monoisotopic (exact) mass is 527 g/mol. The molecule has 2 saturated heterocycles. The third-order valence-corrected chi connectivity index (χ3v) is 6.79. The Kier molecular flexibility index (Phi) is 11.0. The van der Waals surface area contributed by atoms with E-state index < -0.39 is 73.7 Å². The third-order valence-electron chi connectivity index (χ3n) is 5.67. The molecule has 0 unspecified atom stereocenters. The Bertz CT molecular complexity index is 758. The Labute approximate surface area is 204 Å². The van der Waals surface area contributed by atoms with Crippen LogP contribution in [0.2, 0.25) is 0 Å². The van der Waals surface area contributed by atoms with Crippen LogP contribution in [0.1, 0.15) is 11.9 Å². The lowest BCUT2D eigenvalue weighted by Gasteiger charge is -2.39. The van der Waals surface area contributed by atoms with E-state index >= 15 is 0 Å². The van der Waals surface area contributed by atoms with Crippen molar-refractivity contribution in [2.75, 3.05) is 38.8 Å². The molecule has 1 aromatic heterocycles. The second kappa shape index (κ2) is 13.5. The lowest BCUT2D eigenvalue weighted by atomic mass is 9.98. The van der Waals surface area contributed by atoms with Crippen molar-refractivity contribution in [3.8, 4) is 0 Å². The molecule has 0 aromatic carbocycles. The number of thioether (sulfide) groups is 1. The van der Waals surface area contributed by atoms with Crippen LogP contribution >= 0.6 is 11.8 Å². The van der Waals surface area contributed by atoms with E-state index in [1.807, 2.05) is 0 Å². The predicted octanol–water partition coefficient (Wildman–Crippen LogP) is -4.68. The first-order chi connectivity index (χ1) is 16.8. The summed E-state index contributed by atoms with van der Waals surface area (Å²) in [5.41, 5.74) is -0.392. The minimum absolute atomic E-state index is 0.0837. The molecule has 0 radical (unpaired) electrons. The van der Waals surface area contributed by atoms with Gasteiger partial charge in [0.05, 0.1) is 45.8 Å². The highest BCUT2D eigenvalue weighted by molar-refractivity contribution is 7.99. The lowest BCUT2D eigenvalue weighted by Crippen LogP contribution is -2.57. The Morgan fingerprint density at radius 1 is 0.800 bits per heavy atom. The van der Waals surface area contributed by atoms with Crippen molar-refractivity contribution >= 4 is 11.8 Å². The number of hydrogen-bond donors (Lipinski definition) is 8. The molecule has 3 heterocycles. The number of rotatable bonds is 12. The zero-order valence-electron chi connectivity index (χ0n) is 18.8. The van der Waals surface area contributed by atoms with Crippen LogP contribution < -0.4 is 0 Å². The molecule has 2 aliphatic rings. The summed E-state index contributed by atoms with van der Waals surface area (Å²) in [6.45, 7) is -0.149. The van der Waals surface area contributed by atoms with Crippen LogP contribution in [0.5, 0.6) is 0 Å². The van der Waals surface area contributed by atoms with Crippen molar-refractivity contribution in [1.82, 2.24) is 15.0 Å². The van der Waals surface area contributed by atoms with Gasteiger partial charge in [0.2, 0.25) is 0 Å². The Balaban J connectivity index is 1.31. The smallest absolute Gasteiger partial charge is 0.180 e. The Hall–Kier alpha value is -0.990. The van der Waals surface area contributed by atoms with E-state index in [4.69, 9.17) is 18.9 Å². The highest BCUT2D eigenvalue weighted by atomic mass is 32.2. The van der Waals surface area contributed by atoms with Gasteiger partial charge in [-0.15, -0.1) is 16.9 Å². The summed E-state index contributed by atoms with van der Waals surface area (Å²) in [6, 6.07) is 0. The van der Waals surface area contributed by atoms with Crippen molar-refractivity contribution in [3.05, 3.63) is 11.9 Å². The van der Waals surface area contributed by atoms with E-state index in [1.165, 1.54) is 22.6 Å². The van der Waals surface area contributed by atoms with Crippen LogP contribution in [0, 0.1) is 0 Å². The van der Waals surface area contributed by atoms with Gasteiger partial charge < -0.3 is 59.8 Å². The van der Waals surface area contributed by atoms with Gasteiger partial charge in [-0.1, -0.05) is 5.21 Å². The summed E-state index contributed by atoms with van der Waals surface area (Å²) in [5, 5.41) is 85.6. The predicted molar refractivity (Wildman–Crippen MR) is 116 cm³/mol. The Morgan fingerprint density at radius 2 is 1.43 bits per heavy atom. The summed E-state index contributed by atoms with van der Waals surface area (Å²) in [6.07, 6.45) is -10.3. The number of ether oxygens (including phenoxy) is 4. The molecule has 0 bridgehead atoms. The van der Waals surface area contributed by atoms with Crippen LogP contribution in [0.3, 0.4) is 0 Å². The number of nitrogens with zero attached hydrogens (tertiary/aromatic N) is 3. The summed E-state index contributed by atoms with van der Waals surface area (Å²) in [4.78, 5) is 0.